The third kappa shape index (κ3) is 3.67. The predicted molar refractivity (Wildman–Crippen MR) is 98.5 cm³/mol. The lowest BCUT2D eigenvalue weighted by molar-refractivity contribution is -0.582. The van der Waals surface area contributed by atoms with E-state index >= 15 is 0 Å². The van der Waals surface area contributed by atoms with Gasteiger partial charge in [-0.15, -0.1) is 0 Å². The molecule has 0 aliphatic carbocycles. The smallest absolute Gasteiger partial charge is 0.412 e. The van der Waals surface area contributed by atoms with Gasteiger partial charge in [0.05, 0.1) is 12.6 Å². The van der Waals surface area contributed by atoms with E-state index in [9.17, 15) is 10.0 Å². The Morgan fingerprint density at radius 2 is 1.93 bits per heavy atom. The lowest BCUT2D eigenvalue weighted by Gasteiger charge is -2.48. The molecule has 2 fully saturated rings. The number of hydroxylamine groups is 1. The number of ether oxygens (including phenoxy) is 4. The van der Waals surface area contributed by atoms with E-state index in [1.165, 1.54) is 0 Å². The van der Waals surface area contributed by atoms with Gasteiger partial charge in [-0.2, -0.15) is 0 Å². The average molecular weight is 384 g/mol. The Kier molecular flexibility index (Phi) is 4.76. The zero-order valence-corrected chi connectivity index (χ0v) is 17.4. The second-order valence-electron chi connectivity index (χ2n) is 9.55. The lowest BCUT2D eigenvalue weighted by atomic mass is 9.84. The van der Waals surface area contributed by atoms with Gasteiger partial charge in [-0.05, 0) is 48.5 Å². The highest BCUT2D eigenvalue weighted by molar-refractivity contribution is 5.70. The number of nitrogens with zero attached hydrogens (tertiary/aromatic N) is 2. The van der Waals surface area contributed by atoms with E-state index in [1.807, 2.05) is 48.5 Å². The molecule has 3 atom stereocenters. The maximum atomic E-state index is 13.0. The summed E-state index contributed by atoms with van der Waals surface area (Å²) >= 11 is 0. The second-order valence-corrected chi connectivity index (χ2v) is 9.55. The molecule has 27 heavy (non-hydrogen) atoms. The maximum absolute atomic E-state index is 13.0. The van der Waals surface area contributed by atoms with Crippen LogP contribution in [0.15, 0.2) is 0 Å². The Hall–Kier alpha value is -1.38. The summed E-state index contributed by atoms with van der Waals surface area (Å²) in [5.74, 6) is -0.855. The number of rotatable bonds is 1. The number of carbonyl (C=O) groups excluding carboxylic acids is 1. The molecule has 8 heteroatoms. The number of hydrogen-bond acceptors (Lipinski definition) is 6. The van der Waals surface area contributed by atoms with Crippen molar-refractivity contribution in [2.75, 3.05) is 13.2 Å². The molecule has 0 aromatic rings. The van der Waals surface area contributed by atoms with Gasteiger partial charge in [0.25, 0.3) is 0 Å². The summed E-state index contributed by atoms with van der Waals surface area (Å²) in [6.07, 6.45) is 1.84. The molecule has 0 unspecified atom stereocenters. The van der Waals surface area contributed by atoms with E-state index in [1.54, 1.807) is 11.1 Å². The molecule has 0 aromatic heterocycles. The van der Waals surface area contributed by atoms with Crippen LogP contribution < -0.4 is 0 Å². The van der Waals surface area contributed by atoms with Gasteiger partial charge >= 0.3 is 6.09 Å². The zero-order chi connectivity index (χ0) is 20.3. The number of carbonyl (C=O) groups is 1. The van der Waals surface area contributed by atoms with Crippen LogP contribution >= 0.6 is 0 Å². The first-order chi connectivity index (χ1) is 12.3. The maximum Gasteiger partial charge on any atom is 0.412 e. The molecule has 0 saturated carbocycles. The van der Waals surface area contributed by atoms with Crippen LogP contribution in [0.3, 0.4) is 0 Å². The summed E-state index contributed by atoms with van der Waals surface area (Å²) in [4.78, 5) is 14.6. The van der Waals surface area contributed by atoms with Crippen molar-refractivity contribution >= 4 is 12.3 Å². The summed E-state index contributed by atoms with van der Waals surface area (Å²) in [7, 11) is 0. The first-order valence-electron chi connectivity index (χ1n) is 9.55. The molecule has 3 aliphatic heterocycles. The highest BCUT2D eigenvalue weighted by Crippen LogP contribution is 2.43. The van der Waals surface area contributed by atoms with Crippen LogP contribution in [0.2, 0.25) is 0 Å². The summed E-state index contributed by atoms with van der Waals surface area (Å²) in [5.41, 5.74) is -2.38. The van der Waals surface area contributed by atoms with Gasteiger partial charge in [0.1, 0.15) is 17.9 Å². The van der Waals surface area contributed by atoms with E-state index in [4.69, 9.17) is 18.9 Å². The molecule has 3 rings (SSSR count). The second kappa shape index (κ2) is 6.32. The third-order valence-electron chi connectivity index (χ3n) is 5.38. The Labute approximate surface area is 161 Å². The predicted octanol–water partition coefficient (Wildman–Crippen LogP) is 2.62. The fraction of sp³-hybridized carbons (Fsp3) is 0.895. The first kappa shape index (κ1) is 20.4. The van der Waals surface area contributed by atoms with E-state index < -0.39 is 40.9 Å². The largest absolute Gasteiger partial charge is 0.623 e. The SMILES string of the molecule is CC(C)(C)OC(=O)N1[C@H]([C@@H]2OC(C)(C)OC[C@@]23CCC=[N+]3[O-])COC1(C)C. The Balaban J connectivity index is 1.97. The van der Waals surface area contributed by atoms with Crippen LogP contribution in [0.4, 0.5) is 4.79 Å². The minimum atomic E-state index is -0.871. The zero-order valence-electron chi connectivity index (χ0n) is 17.4. The van der Waals surface area contributed by atoms with Gasteiger partial charge in [-0.25, -0.2) is 9.53 Å². The highest BCUT2D eigenvalue weighted by atomic mass is 16.7. The van der Waals surface area contributed by atoms with Crippen molar-refractivity contribution in [1.82, 2.24) is 4.90 Å². The molecule has 1 spiro atoms. The fourth-order valence-corrected chi connectivity index (χ4v) is 4.12. The van der Waals surface area contributed by atoms with Gasteiger partial charge < -0.3 is 24.2 Å². The quantitative estimate of drug-likeness (QED) is 0.510. The molecule has 3 aliphatic rings. The first-order valence-corrected chi connectivity index (χ1v) is 9.55. The van der Waals surface area contributed by atoms with Crippen LogP contribution in [0.25, 0.3) is 0 Å². The molecule has 0 N–H and O–H groups in total. The summed E-state index contributed by atoms with van der Waals surface area (Å²) in [5, 5.41) is 12.7. The van der Waals surface area contributed by atoms with Gasteiger partial charge in [0.2, 0.25) is 5.54 Å². The van der Waals surface area contributed by atoms with Gasteiger partial charge in [0, 0.05) is 12.8 Å². The molecule has 0 aromatic carbocycles. The molecule has 0 bridgehead atoms. The van der Waals surface area contributed by atoms with E-state index in [2.05, 4.69) is 0 Å². The van der Waals surface area contributed by atoms with Gasteiger partial charge in [0.15, 0.2) is 18.1 Å². The minimum Gasteiger partial charge on any atom is -0.623 e. The highest BCUT2D eigenvalue weighted by Gasteiger charge is 2.63. The summed E-state index contributed by atoms with van der Waals surface area (Å²) < 4.78 is 24.6. The van der Waals surface area contributed by atoms with E-state index in [0.717, 1.165) is 4.74 Å². The Morgan fingerprint density at radius 3 is 2.48 bits per heavy atom. The van der Waals surface area contributed by atoms with Crippen molar-refractivity contribution in [2.45, 2.75) is 96.1 Å². The monoisotopic (exact) mass is 384 g/mol. The fourth-order valence-electron chi connectivity index (χ4n) is 4.12. The van der Waals surface area contributed by atoms with Crippen molar-refractivity contribution in [1.29, 1.82) is 0 Å². The van der Waals surface area contributed by atoms with Crippen molar-refractivity contribution in [3.8, 4) is 0 Å². The van der Waals surface area contributed by atoms with Gasteiger partial charge in [-0.1, -0.05) is 0 Å². The molecule has 2 saturated heterocycles. The molecular weight excluding hydrogens is 352 g/mol. The van der Waals surface area contributed by atoms with Crippen molar-refractivity contribution in [3.63, 3.8) is 0 Å². The van der Waals surface area contributed by atoms with Crippen molar-refractivity contribution in [2.24, 2.45) is 0 Å². The van der Waals surface area contributed by atoms with Crippen LogP contribution in [-0.2, 0) is 18.9 Å². The lowest BCUT2D eigenvalue weighted by Crippen LogP contribution is -2.68. The molecule has 0 radical (unpaired) electrons. The number of hydrogen-bond donors (Lipinski definition) is 0. The third-order valence-corrected chi connectivity index (χ3v) is 5.38. The van der Waals surface area contributed by atoms with Crippen LogP contribution in [0.1, 0.15) is 61.3 Å². The van der Waals surface area contributed by atoms with Gasteiger partial charge in [-0.3, -0.25) is 4.90 Å². The molecule has 1 amide bonds. The normalized spacial score (nSPS) is 35.4. The Bertz CT molecular complexity index is 639. The van der Waals surface area contributed by atoms with E-state index in [-0.39, 0.29) is 13.2 Å². The molecule has 154 valence electrons. The standard InChI is InChI=1S/C19H32N2O6/c1-16(2,3)27-15(22)21-13(11-24-17(21,4)5)14-19(9-8-10-20(19)23)12-25-18(6,7)26-14/h10,13-14H,8-9,11-12H2,1-7H3/t13-,14-,19-/m0/s1. The summed E-state index contributed by atoms with van der Waals surface area (Å²) in [6.45, 7) is 13.3. The molecule has 3 heterocycles. The molecule has 8 nitrogen and oxygen atoms in total. The van der Waals surface area contributed by atoms with Crippen molar-refractivity contribution < 1.29 is 28.5 Å². The van der Waals surface area contributed by atoms with E-state index in [0.29, 0.717) is 12.8 Å². The van der Waals surface area contributed by atoms with Crippen molar-refractivity contribution in [3.05, 3.63) is 5.21 Å². The average Bonchev–Trinajstić information content (AvgIpc) is 3.01. The van der Waals surface area contributed by atoms with Crippen LogP contribution in [-0.4, -0.2) is 70.0 Å². The minimum absolute atomic E-state index is 0.240. The Morgan fingerprint density at radius 1 is 1.26 bits per heavy atom. The van der Waals surface area contributed by atoms with Crippen LogP contribution in [0, 0.1) is 5.21 Å². The molecular formula is C19H32N2O6. The topological polar surface area (TPSA) is 83.3 Å². The number of amides is 1. The van der Waals surface area contributed by atoms with Crippen LogP contribution in [0.5, 0.6) is 0 Å². The summed E-state index contributed by atoms with van der Waals surface area (Å²) in [6, 6.07) is -0.457.